The summed E-state index contributed by atoms with van der Waals surface area (Å²) in [5.74, 6) is 0. The highest BCUT2D eigenvalue weighted by Crippen LogP contribution is 2.28. The van der Waals surface area contributed by atoms with E-state index in [1.165, 1.54) is 55.5 Å². The first-order valence-electron chi connectivity index (χ1n) is 8.21. The largest absolute Gasteiger partial charge is 0.307 e. The Morgan fingerprint density at radius 3 is 2.80 bits per heavy atom. The van der Waals surface area contributed by atoms with Gasteiger partial charge in [-0.25, -0.2) is 0 Å². The van der Waals surface area contributed by atoms with E-state index < -0.39 is 0 Å². The van der Waals surface area contributed by atoms with Crippen LogP contribution in [0.3, 0.4) is 0 Å². The minimum absolute atomic E-state index is 0.465. The van der Waals surface area contributed by atoms with Gasteiger partial charge >= 0.3 is 0 Å². The smallest absolute Gasteiger partial charge is 0.0294 e. The third-order valence-corrected chi connectivity index (χ3v) is 5.34. The predicted molar refractivity (Wildman–Crippen MR) is 85.1 cm³/mol. The number of hydrogen-bond acceptors (Lipinski definition) is 2. The topological polar surface area (TPSA) is 15.3 Å². The molecule has 110 valence electrons. The zero-order chi connectivity index (χ0) is 14.1. The standard InChI is InChI=1S/C18H28N2/c1-13-6-7-16(11-14(13)2)15(3)19-17-8-10-20-9-4-5-18(20)12-17/h6-7,11,15,17-19H,4-5,8-10,12H2,1-3H3. The minimum atomic E-state index is 0.465. The number of aryl methyl sites for hydroxylation is 2. The van der Waals surface area contributed by atoms with Crippen molar-refractivity contribution >= 4 is 0 Å². The summed E-state index contributed by atoms with van der Waals surface area (Å²) in [4.78, 5) is 2.69. The van der Waals surface area contributed by atoms with Gasteiger partial charge in [-0.15, -0.1) is 0 Å². The Morgan fingerprint density at radius 1 is 1.15 bits per heavy atom. The van der Waals surface area contributed by atoms with Gasteiger partial charge in [0.05, 0.1) is 0 Å². The number of fused-ring (bicyclic) bond motifs is 1. The molecule has 0 radical (unpaired) electrons. The Hall–Kier alpha value is -0.860. The van der Waals surface area contributed by atoms with E-state index in [4.69, 9.17) is 0 Å². The van der Waals surface area contributed by atoms with Crippen molar-refractivity contribution in [2.24, 2.45) is 0 Å². The van der Waals surface area contributed by atoms with E-state index in [9.17, 15) is 0 Å². The molecule has 0 spiro atoms. The van der Waals surface area contributed by atoms with Gasteiger partial charge in [0.15, 0.2) is 0 Å². The fourth-order valence-corrected chi connectivity index (χ4v) is 3.86. The van der Waals surface area contributed by atoms with Crippen molar-refractivity contribution in [3.8, 4) is 0 Å². The summed E-state index contributed by atoms with van der Waals surface area (Å²) >= 11 is 0. The molecule has 0 bridgehead atoms. The molecular weight excluding hydrogens is 244 g/mol. The van der Waals surface area contributed by atoms with Gasteiger partial charge < -0.3 is 10.2 Å². The summed E-state index contributed by atoms with van der Waals surface area (Å²) in [6, 6.07) is 8.90. The maximum Gasteiger partial charge on any atom is 0.0294 e. The van der Waals surface area contributed by atoms with Crippen LogP contribution in [0.5, 0.6) is 0 Å². The molecule has 2 fully saturated rings. The van der Waals surface area contributed by atoms with Crippen LogP contribution in [0.15, 0.2) is 18.2 Å². The summed E-state index contributed by atoms with van der Waals surface area (Å²) < 4.78 is 0. The van der Waals surface area contributed by atoms with Crippen molar-refractivity contribution in [2.45, 2.75) is 64.6 Å². The Kier molecular flexibility index (Phi) is 4.13. The fourth-order valence-electron chi connectivity index (χ4n) is 3.86. The predicted octanol–water partition coefficient (Wildman–Crippen LogP) is 3.58. The van der Waals surface area contributed by atoms with E-state index in [2.05, 4.69) is 49.2 Å². The first-order valence-corrected chi connectivity index (χ1v) is 8.21. The second-order valence-corrected chi connectivity index (χ2v) is 6.79. The summed E-state index contributed by atoms with van der Waals surface area (Å²) in [5.41, 5.74) is 4.23. The molecule has 3 unspecified atom stereocenters. The molecule has 2 aliphatic rings. The molecule has 2 heterocycles. The molecule has 3 rings (SSSR count). The zero-order valence-corrected chi connectivity index (χ0v) is 13.2. The molecule has 0 aromatic heterocycles. The summed E-state index contributed by atoms with van der Waals surface area (Å²) in [5, 5.41) is 3.87. The van der Waals surface area contributed by atoms with Crippen molar-refractivity contribution in [1.82, 2.24) is 10.2 Å². The first kappa shape index (κ1) is 14.1. The highest BCUT2D eigenvalue weighted by molar-refractivity contribution is 5.31. The van der Waals surface area contributed by atoms with Gasteiger partial charge in [-0.3, -0.25) is 0 Å². The maximum atomic E-state index is 3.87. The normalized spacial score (nSPS) is 28.4. The monoisotopic (exact) mass is 272 g/mol. The maximum absolute atomic E-state index is 3.87. The van der Waals surface area contributed by atoms with Crippen molar-refractivity contribution in [3.05, 3.63) is 34.9 Å². The summed E-state index contributed by atoms with van der Waals surface area (Å²) in [7, 11) is 0. The van der Waals surface area contributed by atoms with Crippen LogP contribution in [-0.2, 0) is 0 Å². The molecular formula is C18H28N2. The average Bonchev–Trinajstić information content (AvgIpc) is 2.89. The molecule has 20 heavy (non-hydrogen) atoms. The second kappa shape index (κ2) is 5.87. The number of hydrogen-bond donors (Lipinski definition) is 1. The summed E-state index contributed by atoms with van der Waals surface area (Å²) in [6.45, 7) is 9.34. The van der Waals surface area contributed by atoms with E-state index in [0.29, 0.717) is 12.1 Å². The molecule has 2 aliphatic heterocycles. The number of benzene rings is 1. The van der Waals surface area contributed by atoms with E-state index in [1.54, 1.807) is 0 Å². The highest BCUT2D eigenvalue weighted by atomic mass is 15.2. The van der Waals surface area contributed by atoms with Gasteiger partial charge in [0.25, 0.3) is 0 Å². The van der Waals surface area contributed by atoms with Crippen molar-refractivity contribution < 1.29 is 0 Å². The molecule has 0 saturated carbocycles. The van der Waals surface area contributed by atoms with Gasteiger partial charge in [0.1, 0.15) is 0 Å². The van der Waals surface area contributed by atoms with E-state index in [1.807, 2.05) is 0 Å². The van der Waals surface area contributed by atoms with Crippen LogP contribution >= 0.6 is 0 Å². The minimum Gasteiger partial charge on any atom is -0.307 e. The van der Waals surface area contributed by atoms with E-state index in [-0.39, 0.29) is 0 Å². The number of rotatable bonds is 3. The van der Waals surface area contributed by atoms with Crippen LogP contribution in [0, 0.1) is 13.8 Å². The number of nitrogens with zero attached hydrogens (tertiary/aromatic N) is 1. The number of nitrogens with one attached hydrogen (secondary N) is 1. The van der Waals surface area contributed by atoms with Crippen LogP contribution < -0.4 is 5.32 Å². The molecule has 0 amide bonds. The number of piperidine rings is 1. The Balaban J connectivity index is 1.60. The van der Waals surface area contributed by atoms with E-state index >= 15 is 0 Å². The molecule has 1 aromatic carbocycles. The van der Waals surface area contributed by atoms with Gasteiger partial charge in [-0.1, -0.05) is 18.2 Å². The molecule has 2 nitrogen and oxygen atoms in total. The average molecular weight is 272 g/mol. The zero-order valence-electron chi connectivity index (χ0n) is 13.2. The van der Waals surface area contributed by atoms with Crippen LogP contribution in [0.1, 0.15) is 55.3 Å². The molecule has 2 heteroatoms. The van der Waals surface area contributed by atoms with E-state index in [0.717, 1.165) is 6.04 Å². The molecule has 1 aromatic rings. The van der Waals surface area contributed by atoms with Gasteiger partial charge in [-0.2, -0.15) is 0 Å². The molecule has 0 aliphatic carbocycles. The van der Waals surface area contributed by atoms with Crippen LogP contribution in [0.25, 0.3) is 0 Å². The van der Waals surface area contributed by atoms with Crippen LogP contribution in [-0.4, -0.2) is 30.1 Å². The lowest BCUT2D eigenvalue weighted by Gasteiger charge is -2.36. The first-order chi connectivity index (χ1) is 9.63. The Labute approximate surface area is 123 Å². The second-order valence-electron chi connectivity index (χ2n) is 6.79. The van der Waals surface area contributed by atoms with Crippen LogP contribution in [0.2, 0.25) is 0 Å². The van der Waals surface area contributed by atoms with Gasteiger partial charge in [0, 0.05) is 18.1 Å². The Bertz CT molecular complexity index is 468. The van der Waals surface area contributed by atoms with Crippen molar-refractivity contribution in [1.29, 1.82) is 0 Å². The quantitative estimate of drug-likeness (QED) is 0.905. The van der Waals surface area contributed by atoms with Crippen LogP contribution in [0.4, 0.5) is 0 Å². The Morgan fingerprint density at radius 2 is 2.00 bits per heavy atom. The molecule has 3 atom stereocenters. The lowest BCUT2D eigenvalue weighted by molar-refractivity contribution is 0.162. The SMILES string of the molecule is Cc1ccc(C(C)NC2CCN3CCCC3C2)cc1C. The molecule has 2 saturated heterocycles. The van der Waals surface area contributed by atoms with Crippen molar-refractivity contribution in [2.75, 3.05) is 13.1 Å². The van der Waals surface area contributed by atoms with Crippen molar-refractivity contribution in [3.63, 3.8) is 0 Å². The van der Waals surface area contributed by atoms with Gasteiger partial charge in [0.2, 0.25) is 0 Å². The summed E-state index contributed by atoms with van der Waals surface area (Å²) in [6.07, 6.45) is 5.47. The fraction of sp³-hybridized carbons (Fsp3) is 0.667. The third-order valence-electron chi connectivity index (χ3n) is 5.34. The lowest BCUT2D eigenvalue weighted by Crippen LogP contribution is -2.46. The third kappa shape index (κ3) is 2.91. The molecule has 1 N–H and O–H groups in total. The lowest BCUT2D eigenvalue weighted by atomic mass is 9.95. The van der Waals surface area contributed by atoms with Gasteiger partial charge in [-0.05, 0) is 76.2 Å². The highest BCUT2D eigenvalue weighted by Gasteiger charge is 2.31.